The quantitative estimate of drug-likeness (QED) is 0.121. The Morgan fingerprint density at radius 1 is 0.870 bits per heavy atom. The fraction of sp³-hybridized carbons (Fsp3) is 0.276. The zero-order chi connectivity index (χ0) is 34.4. The molecule has 6 nitrogen and oxygen atoms in total. The molecule has 1 aliphatic carbocycles. The molecule has 246 valence electrons. The first kappa shape index (κ1) is 36.4. The van der Waals surface area contributed by atoms with E-state index in [1.807, 2.05) is 0 Å². The van der Waals surface area contributed by atoms with Gasteiger partial charge < -0.3 is 5.32 Å². The van der Waals surface area contributed by atoms with Crippen LogP contribution >= 0.6 is 58.0 Å². The summed E-state index contributed by atoms with van der Waals surface area (Å²) < 4.78 is 88.8. The zero-order valence-electron chi connectivity index (χ0n) is 22.8. The van der Waals surface area contributed by atoms with Gasteiger partial charge in [0.2, 0.25) is 5.91 Å². The maximum absolute atomic E-state index is 15.2. The molecule has 46 heavy (non-hydrogen) atoms. The van der Waals surface area contributed by atoms with Gasteiger partial charge in [-0.05, 0) is 47.5 Å². The summed E-state index contributed by atoms with van der Waals surface area (Å²) in [7, 11) is -4.94. The lowest BCUT2D eigenvalue weighted by atomic mass is 9.98. The number of amides is 1. The Balaban J connectivity index is 1.48. The Labute approximate surface area is 284 Å². The molecular weight excluding hydrogens is 747 g/mol. The van der Waals surface area contributed by atoms with Crippen molar-refractivity contribution in [3.8, 4) is 0 Å². The van der Waals surface area contributed by atoms with E-state index in [-0.39, 0.29) is 21.3 Å². The van der Waals surface area contributed by atoms with Crippen molar-refractivity contribution in [1.82, 2.24) is 0 Å². The zero-order valence-corrected chi connectivity index (χ0v) is 27.4. The molecular formula is C29H19Cl5F5NO5S. The number of nitrogens with one attached hydrogen (secondary N) is 1. The fourth-order valence-electron chi connectivity index (χ4n) is 4.82. The van der Waals surface area contributed by atoms with Crippen LogP contribution in [-0.2, 0) is 32.3 Å². The molecule has 1 fully saturated rings. The van der Waals surface area contributed by atoms with Gasteiger partial charge in [0.25, 0.3) is 0 Å². The lowest BCUT2D eigenvalue weighted by Gasteiger charge is -2.12. The smallest absolute Gasteiger partial charge is 0.326 e. The number of Topliss-reactive ketones (excluding diaryl/α,β-unsaturated/α-hetero) is 2. The predicted molar refractivity (Wildman–Crippen MR) is 165 cm³/mol. The van der Waals surface area contributed by atoms with Crippen molar-refractivity contribution in [1.29, 1.82) is 0 Å². The molecule has 1 N–H and O–H groups in total. The topological polar surface area (TPSA) is 97.4 Å². The van der Waals surface area contributed by atoms with Crippen LogP contribution in [0.1, 0.15) is 33.0 Å². The van der Waals surface area contributed by atoms with Crippen LogP contribution < -0.4 is 5.32 Å². The average molecular weight is 766 g/mol. The maximum atomic E-state index is 15.2. The van der Waals surface area contributed by atoms with Gasteiger partial charge >= 0.3 is 6.18 Å². The molecule has 2 atom stereocenters. The lowest BCUT2D eigenvalue weighted by molar-refractivity contribution is -0.118. The predicted octanol–water partition coefficient (Wildman–Crippen LogP) is 7.97. The van der Waals surface area contributed by atoms with Crippen LogP contribution in [0.2, 0.25) is 15.1 Å². The van der Waals surface area contributed by atoms with E-state index in [9.17, 15) is 40.4 Å². The van der Waals surface area contributed by atoms with Gasteiger partial charge in [-0.15, -0.1) is 23.2 Å². The first-order chi connectivity index (χ1) is 21.2. The van der Waals surface area contributed by atoms with Crippen molar-refractivity contribution < 1.29 is 44.8 Å². The van der Waals surface area contributed by atoms with Crippen LogP contribution in [0.5, 0.6) is 0 Å². The summed E-state index contributed by atoms with van der Waals surface area (Å²) in [5.74, 6) is -10.8. The molecule has 0 saturated heterocycles. The minimum Gasteiger partial charge on any atom is -0.326 e. The minimum absolute atomic E-state index is 0.0834. The molecule has 0 bridgehead atoms. The van der Waals surface area contributed by atoms with E-state index in [0.717, 1.165) is 12.1 Å². The van der Waals surface area contributed by atoms with Crippen molar-refractivity contribution in [2.45, 2.75) is 29.3 Å². The number of anilines is 1. The standard InChI is InChI=1S/C29H19Cl5F5NO5S/c30-19-5-3-15(40-27(43)25-24(29(25,33)34)13-1-4-20(31)21(32)7-13)9-17(19)23(42)8-14-2-6-22(35)18(26(14)36)10-16(41)11-46(44,45)12-28(37,38)39/h1-7,9,24-25H,8,10-12H2,(H,40,43)/t24-,25+/m0/s1. The first-order valence-electron chi connectivity index (χ1n) is 12.9. The molecule has 17 heteroatoms. The number of alkyl halides is 5. The number of sulfone groups is 1. The van der Waals surface area contributed by atoms with Gasteiger partial charge in [0.15, 0.2) is 21.4 Å². The Morgan fingerprint density at radius 3 is 2.15 bits per heavy atom. The van der Waals surface area contributed by atoms with Crippen molar-refractivity contribution in [3.05, 3.63) is 97.5 Å². The number of hydrogen-bond donors (Lipinski definition) is 1. The summed E-state index contributed by atoms with van der Waals surface area (Å²) >= 11 is 31.0. The molecule has 0 heterocycles. The maximum Gasteiger partial charge on any atom is 0.402 e. The minimum atomic E-state index is -5.11. The summed E-state index contributed by atoms with van der Waals surface area (Å²) in [6, 6.07) is 10.2. The summed E-state index contributed by atoms with van der Waals surface area (Å²) in [5.41, 5.74) is -0.825. The molecule has 3 aromatic carbocycles. The van der Waals surface area contributed by atoms with Gasteiger partial charge in [0, 0.05) is 35.6 Å². The van der Waals surface area contributed by atoms with E-state index in [4.69, 9.17) is 58.0 Å². The Kier molecular flexibility index (Phi) is 10.7. The van der Waals surface area contributed by atoms with Crippen LogP contribution in [0.4, 0.5) is 27.6 Å². The van der Waals surface area contributed by atoms with Crippen molar-refractivity contribution >= 4 is 91.0 Å². The lowest BCUT2D eigenvalue weighted by Crippen LogP contribution is -2.29. The van der Waals surface area contributed by atoms with Crippen LogP contribution in [0.3, 0.4) is 0 Å². The number of ketones is 2. The van der Waals surface area contributed by atoms with Gasteiger partial charge in [0.05, 0.1) is 21.0 Å². The first-order valence-corrected chi connectivity index (χ1v) is 16.6. The van der Waals surface area contributed by atoms with E-state index in [1.54, 1.807) is 6.07 Å². The van der Waals surface area contributed by atoms with Crippen molar-refractivity contribution in [3.63, 3.8) is 0 Å². The van der Waals surface area contributed by atoms with E-state index in [0.29, 0.717) is 10.6 Å². The highest BCUT2D eigenvalue weighted by Gasteiger charge is 2.67. The molecule has 0 unspecified atom stereocenters. The highest BCUT2D eigenvalue weighted by molar-refractivity contribution is 7.92. The molecule has 3 aromatic rings. The van der Waals surface area contributed by atoms with Gasteiger partial charge in [-0.2, -0.15) is 13.2 Å². The molecule has 0 radical (unpaired) electrons. The Bertz CT molecular complexity index is 1850. The third-order valence-corrected chi connectivity index (χ3v) is 10.5. The van der Waals surface area contributed by atoms with Gasteiger partial charge in [0.1, 0.15) is 27.5 Å². The van der Waals surface area contributed by atoms with Crippen molar-refractivity contribution in [2.24, 2.45) is 5.92 Å². The highest BCUT2D eigenvalue weighted by Crippen LogP contribution is 2.65. The molecule has 4 rings (SSSR count). The third kappa shape index (κ3) is 8.51. The largest absolute Gasteiger partial charge is 0.402 e. The second-order valence-corrected chi connectivity index (χ2v) is 15.2. The van der Waals surface area contributed by atoms with Crippen LogP contribution in [-0.4, -0.2) is 47.9 Å². The second kappa shape index (κ2) is 13.6. The van der Waals surface area contributed by atoms with Crippen LogP contribution in [0.15, 0.2) is 48.5 Å². The average Bonchev–Trinajstić information content (AvgIpc) is 3.50. The molecule has 1 aliphatic rings. The normalized spacial score (nSPS) is 17.4. The molecule has 0 spiro atoms. The number of hydrogen-bond acceptors (Lipinski definition) is 5. The van der Waals surface area contributed by atoms with E-state index >= 15 is 4.39 Å². The second-order valence-electron chi connectivity index (χ2n) is 10.4. The van der Waals surface area contributed by atoms with Gasteiger partial charge in [-0.25, -0.2) is 17.2 Å². The number of carbonyl (C=O) groups excluding carboxylic acids is 3. The Hall–Kier alpha value is -2.48. The summed E-state index contributed by atoms with van der Waals surface area (Å²) in [6.45, 7) is 0. The van der Waals surface area contributed by atoms with E-state index in [2.05, 4.69) is 5.32 Å². The molecule has 0 aromatic heterocycles. The monoisotopic (exact) mass is 763 g/mol. The van der Waals surface area contributed by atoms with E-state index in [1.165, 1.54) is 30.3 Å². The third-order valence-electron chi connectivity index (χ3n) is 6.93. The number of halogens is 10. The van der Waals surface area contributed by atoms with Crippen LogP contribution in [0, 0.1) is 17.6 Å². The van der Waals surface area contributed by atoms with Crippen molar-refractivity contribution in [2.75, 3.05) is 16.8 Å². The van der Waals surface area contributed by atoms with E-state index < -0.39 is 96.8 Å². The highest BCUT2D eigenvalue weighted by atomic mass is 35.5. The number of benzene rings is 3. The number of rotatable bonds is 11. The fourth-order valence-corrected chi connectivity index (χ4v) is 7.37. The molecule has 1 saturated carbocycles. The van der Waals surface area contributed by atoms with Gasteiger partial charge in [-0.1, -0.05) is 46.9 Å². The summed E-state index contributed by atoms with van der Waals surface area (Å²) in [6.07, 6.45) is -7.00. The number of carbonyl (C=O) groups is 3. The SMILES string of the molecule is O=C(Cc1c(F)ccc(CC(=O)c2cc(NC(=O)[C@H]3[C@H](c4ccc(Cl)c(Cl)c4)C3(Cl)Cl)ccc2Cl)c1F)CS(=O)(=O)CC(F)(F)F. The molecule has 1 amide bonds. The van der Waals surface area contributed by atoms with Crippen LogP contribution in [0.25, 0.3) is 0 Å². The molecule has 0 aliphatic heterocycles. The summed E-state index contributed by atoms with van der Waals surface area (Å²) in [4.78, 5) is 38.4. The Morgan fingerprint density at radius 2 is 1.52 bits per heavy atom. The summed E-state index contributed by atoms with van der Waals surface area (Å²) in [5, 5.41) is 3.04. The van der Waals surface area contributed by atoms with Gasteiger partial charge in [-0.3, -0.25) is 14.4 Å².